The fourth-order valence-corrected chi connectivity index (χ4v) is 3.80. The second kappa shape index (κ2) is 5.59. The fourth-order valence-electron chi connectivity index (χ4n) is 1.88. The molecule has 1 fully saturated rings. The Bertz CT molecular complexity index is 514. The van der Waals surface area contributed by atoms with E-state index in [0.29, 0.717) is 6.54 Å². The molecule has 4 nitrogen and oxygen atoms in total. The number of halogens is 1. The number of benzene rings is 1. The molecule has 1 aromatic carbocycles. The Kier molecular flexibility index (Phi) is 4.29. The molecule has 0 unspecified atom stereocenters. The van der Waals surface area contributed by atoms with E-state index in [1.807, 2.05) is 24.3 Å². The molecular weight excluding hydrogens is 318 g/mol. The van der Waals surface area contributed by atoms with Crippen LogP contribution < -0.4 is 4.74 Å². The third kappa shape index (κ3) is 3.05. The molecule has 2 rings (SSSR count). The van der Waals surface area contributed by atoms with Crippen molar-refractivity contribution in [3.8, 4) is 5.75 Å². The molecule has 0 heterocycles. The van der Waals surface area contributed by atoms with E-state index >= 15 is 0 Å². The lowest BCUT2D eigenvalue weighted by Gasteiger charge is -2.21. The van der Waals surface area contributed by atoms with Gasteiger partial charge in [0.25, 0.3) is 0 Å². The van der Waals surface area contributed by atoms with Crippen molar-refractivity contribution < 1.29 is 13.2 Å². The molecule has 0 saturated heterocycles. The lowest BCUT2D eigenvalue weighted by molar-refractivity contribution is 0.376. The first-order valence-electron chi connectivity index (χ1n) is 5.76. The Morgan fingerprint density at radius 3 is 2.61 bits per heavy atom. The minimum atomic E-state index is -3.23. The van der Waals surface area contributed by atoms with Gasteiger partial charge < -0.3 is 4.74 Å². The van der Waals surface area contributed by atoms with E-state index in [4.69, 9.17) is 4.74 Å². The number of hydrogen-bond donors (Lipinski definition) is 0. The van der Waals surface area contributed by atoms with Crippen molar-refractivity contribution in [3.63, 3.8) is 0 Å². The van der Waals surface area contributed by atoms with Crippen molar-refractivity contribution in [3.05, 3.63) is 29.8 Å². The Hall–Kier alpha value is -0.590. The van der Waals surface area contributed by atoms with E-state index in [1.54, 1.807) is 11.4 Å². The first kappa shape index (κ1) is 13.8. The average Bonchev–Trinajstić information content (AvgIpc) is 3.20. The number of methoxy groups -OCH3 is 1. The second-order valence-corrected chi connectivity index (χ2v) is 7.53. The van der Waals surface area contributed by atoms with E-state index in [-0.39, 0.29) is 10.7 Å². The highest BCUT2D eigenvalue weighted by molar-refractivity contribution is 9.10. The molecule has 1 aliphatic carbocycles. The number of nitrogens with zero attached hydrogens (tertiary/aromatic N) is 1. The Labute approximate surface area is 116 Å². The molecule has 0 N–H and O–H groups in total. The lowest BCUT2D eigenvalue weighted by atomic mass is 10.2. The summed E-state index contributed by atoms with van der Waals surface area (Å²) in [4.78, 5) is 0. The maximum atomic E-state index is 12.0. The quantitative estimate of drug-likeness (QED) is 0.750. The zero-order valence-electron chi connectivity index (χ0n) is 10.2. The molecule has 1 aromatic rings. The summed E-state index contributed by atoms with van der Waals surface area (Å²) in [6, 6.07) is 7.67. The van der Waals surface area contributed by atoms with Crippen molar-refractivity contribution in [1.29, 1.82) is 0 Å². The maximum Gasteiger partial charge on any atom is 0.224 e. The predicted molar refractivity (Wildman–Crippen MR) is 74.3 cm³/mol. The fraction of sp³-hybridized carbons (Fsp3) is 0.500. The van der Waals surface area contributed by atoms with Crippen molar-refractivity contribution in [2.75, 3.05) is 11.8 Å². The molecule has 0 spiro atoms. The summed E-state index contributed by atoms with van der Waals surface area (Å²) in [7, 11) is -1.63. The van der Waals surface area contributed by atoms with Gasteiger partial charge in [0.05, 0.1) is 7.11 Å². The van der Waals surface area contributed by atoms with E-state index in [1.165, 1.54) is 0 Å². The zero-order chi connectivity index (χ0) is 13.2. The number of alkyl halides is 1. The third-order valence-electron chi connectivity index (χ3n) is 2.97. The van der Waals surface area contributed by atoms with Gasteiger partial charge in [-0.3, -0.25) is 0 Å². The van der Waals surface area contributed by atoms with Crippen molar-refractivity contribution in [2.24, 2.45) is 0 Å². The number of rotatable bonds is 6. The summed E-state index contributed by atoms with van der Waals surface area (Å²) in [5, 5.41) is 0. The van der Waals surface area contributed by atoms with Crippen LogP contribution in [-0.2, 0) is 16.6 Å². The molecule has 1 saturated carbocycles. The number of para-hydroxylation sites is 1. The molecular formula is C12H16BrNO3S. The third-order valence-corrected chi connectivity index (χ3v) is 6.12. The van der Waals surface area contributed by atoms with Gasteiger partial charge in [-0.25, -0.2) is 8.42 Å². The van der Waals surface area contributed by atoms with Gasteiger partial charge in [-0.15, -0.1) is 0 Å². The van der Waals surface area contributed by atoms with Crippen molar-refractivity contribution >= 4 is 26.0 Å². The van der Waals surface area contributed by atoms with E-state index < -0.39 is 10.0 Å². The van der Waals surface area contributed by atoms with Gasteiger partial charge in [-0.2, -0.15) is 4.31 Å². The molecule has 0 aliphatic heterocycles. The summed E-state index contributed by atoms with van der Waals surface area (Å²) < 4.78 is 30.8. The van der Waals surface area contributed by atoms with Gasteiger partial charge >= 0.3 is 0 Å². The summed E-state index contributed by atoms with van der Waals surface area (Å²) in [6.07, 6.45) is 1.89. The molecule has 6 heteroatoms. The Morgan fingerprint density at radius 1 is 1.39 bits per heavy atom. The summed E-state index contributed by atoms with van der Waals surface area (Å²) in [6.45, 7) is 0.378. The first-order valence-corrected chi connectivity index (χ1v) is 8.49. The summed E-state index contributed by atoms with van der Waals surface area (Å²) in [5.74, 6) is 0.730. The molecule has 100 valence electrons. The van der Waals surface area contributed by atoms with Gasteiger partial charge in [0.2, 0.25) is 10.0 Å². The Morgan fingerprint density at radius 2 is 2.06 bits per heavy atom. The van der Waals surface area contributed by atoms with E-state index in [0.717, 1.165) is 24.2 Å². The highest BCUT2D eigenvalue weighted by Gasteiger charge is 2.36. The van der Waals surface area contributed by atoms with Crippen LogP contribution in [0.2, 0.25) is 0 Å². The topological polar surface area (TPSA) is 46.6 Å². The molecule has 0 aromatic heterocycles. The second-order valence-electron chi connectivity index (χ2n) is 4.31. The maximum absolute atomic E-state index is 12.0. The van der Waals surface area contributed by atoms with Gasteiger partial charge in [0.15, 0.2) is 0 Å². The molecule has 0 radical (unpaired) electrons. The first-order chi connectivity index (χ1) is 8.58. The van der Waals surface area contributed by atoms with Crippen LogP contribution in [0.4, 0.5) is 0 Å². The molecule has 1 aliphatic rings. The molecule has 0 amide bonds. The van der Waals surface area contributed by atoms with Gasteiger partial charge in [0, 0.05) is 18.2 Å². The van der Waals surface area contributed by atoms with E-state index in [9.17, 15) is 8.42 Å². The largest absolute Gasteiger partial charge is 0.496 e. The van der Waals surface area contributed by atoms with Crippen LogP contribution in [0.1, 0.15) is 18.4 Å². The monoisotopic (exact) mass is 333 g/mol. The average molecular weight is 334 g/mol. The molecule has 0 bridgehead atoms. The molecule has 0 atom stereocenters. The van der Waals surface area contributed by atoms with Crippen LogP contribution >= 0.6 is 15.9 Å². The van der Waals surface area contributed by atoms with Crippen molar-refractivity contribution in [1.82, 2.24) is 4.31 Å². The van der Waals surface area contributed by atoms with Crippen molar-refractivity contribution in [2.45, 2.75) is 25.4 Å². The lowest BCUT2D eigenvalue weighted by Crippen LogP contribution is -2.33. The highest BCUT2D eigenvalue weighted by atomic mass is 79.9. The number of sulfonamides is 1. The predicted octanol–water partition coefficient (Wildman–Crippen LogP) is 2.34. The highest BCUT2D eigenvalue weighted by Crippen LogP contribution is 2.33. The van der Waals surface area contributed by atoms with Crippen LogP contribution in [0.5, 0.6) is 5.75 Å². The number of ether oxygens (including phenoxy) is 1. The van der Waals surface area contributed by atoms with E-state index in [2.05, 4.69) is 15.9 Å². The standard InChI is InChI=1S/C12H16BrNO3S/c1-17-12-5-3-2-4-10(12)8-14(11-6-7-11)18(15,16)9-13/h2-5,11H,6-9H2,1H3. The molecule has 18 heavy (non-hydrogen) atoms. The SMILES string of the molecule is COc1ccccc1CN(C1CC1)S(=O)(=O)CBr. The van der Waals surface area contributed by atoms with Gasteiger partial charge in [-0.05, 0) is 18.9 Å². The van der Waals surface area contributed by atoms with Crippen LogP contribution in [-0.4, -0.2) is 30.5 Å². The summed E-state index contributed by atoms with van der Waals surface area (Å²) >= 11 is 3.06. The van der Waals surface area contributed by atoms with Gasteiger partial charge in [0.1, 0.15) is 10.4 Å². The smallest absolute Gasteiger partial charge is 0.224 e. The minimum Gasteiger partial charge on any atom is -0.496 e. The normalized spacial score (nSPS) is 15.9. The van der Waals surface area contributed by atoms with Crippen LogP contribution in [0.3, 0.4) is 0 Å². The zero-order valence-corrected chi connectivity index (χ0v) is 12.6. The van der Waals surface area contributed by atoms with Gasteiger partial charge in [-0.1, -0.05) is 34.1 Å². The Balaban J connectivity index is 2.24. The van der Waals surface area contributed by atoms with Crippen LogP contribution in [0.25, 0.3) is 0 Å². The minimum absolute atomic E-state index is 0.0361. The summed E-state index contributed by atoms with van der Waals surface area (Å²) in [5.41, 5.74) is 0.899. The van der Waals surface area contributed by atoms with Crippen LogP contribution in [0.15, 0.2) is 24.3 Å². The van der Waals surface area contributed by atoms with Crippen LogP contribution in [0, 0.1) is 0 Å². The number of hydrogen-bond acceptors (Lipinski definition) is 3.